The second-order valence-corrected chi connectivity index (χ2v) is 7.39. The van der Waals surface area contributed by atoms with E-state index in [9.17, 15) is 4.79 Å². The first-order valence-electron chi connectivity index (χ1n) is 7.78. The zero-order valence-electron chi connectivity index (χ0n) is 14.5. The summed E-state index contributed by atoms with van der Waals surface area (Å²) in [5, 5.41) is 3.33. The van der Waals surface area contributed by atoms with E-state index in [0.717, 1.165) is 15.6 Å². The lowest BCUT2D eigenvalue weighted by molar-refractivity contribution is -0.115. The fourth-order valence-corrected chi connectivity index (χ4v) is 3.60. The summed E-state index contributed by atoms with van der Waals surface area (Å²) in [6.07, 6.45) is 0. The van der Waals surface area contributed by atoms with Crippen LogP contribution in [-0.2, 0) is 4.79 Å². The summed E-state index contributed by atoms with van der Waals surface area (Å²) < 4.78 is 11.5. The number of benzene rings is 2. The van der Waals surface area contributed by atoms with Crippen LogP contribution < -0.4 is 14.8 Å². The standard InChI is InChI=1S/C19H17BrN2O3S/c1-11(12-4-6-13(20)7-5-12)17-18(23)22-19(26-17)21-15-9-8-14(24-2)10-16(15)25-3/h4-10H,1-3H3,(H,21,22,23)/b17-11-. The molecule has 1 saturated heterocycles. The second kappa shape index (κ2) is 7.97. The average molecular weight is 433 g/mol. The summed E-state index contributed by atoms with van der Waals surface area (Å²) in [5.41, 5.74) is 2.53. The molecular weight excluding hydrogens is 416 g/mol. The Hall–Kier alpha value is -2.25. The van der Waals surface area contributed by atoms with Crippen LogP contribution in [-0.4, -0.2) is 25.3 Å². The Labute approximate surface area is 164 Å². The van der Waals surface area contributed by atoms with Gasteiger partial charge in [-0.25, -0.2) is 4.99 Å². The fraction of sp³-hybridized carbons (Fsp3) is 0.158. The van der Waals surface area contributed by atoms with Gasteiger partial charge >= 0.3 is 0 Å². The zero-order chi connectivity index (χ0) is 18.7. The number of allylic oxidation sites excluding steroid dienone is 1. The Bertz CT molecular complexity index is 908. The molecule has 0 aliphatic carbocycles. The largest absolute Gasteiger partial charge is 0.497 e. The number of carbonyl (C=O) groups excluding carboxylic acids is 1. The fourth-order valence-electron chi connectivity index (χ4n) is 2.44. The van der Waals surface area contributed by atoms with Crippen LogP contribution in [0.2, 0.25) is 0 Å². The molecule has 0 unspecified atom stereocenters. The minimum absolute atomic E-state index is 0.151. The molecule has 2 aromatic carbocycles. The third-order valence-corrected chi connectivity index (χ3v) is 5.46. The van der Waals surface area contributed by atoms with Crippen LogP contribution in [0.3, 0.4) is 0 Å². The first-order chi connectivity index (χ1) is 12.5. The number of halogens is 1. The Morgan fingerprint density at radius 1 is 1.12 bits per heavy atom. The van der Waals surface area contributed by atoms with Gasteiger partial charge in [0, 0.05) is 10.5 Å². The van der Waals surface area contributed by atoms with Crippen molar-refractivity contribution in [2.45, 2.75) is 6.92 Å². The number of hydrogen-bond acceptors (Lipinski definition) is 5. The monoisotopic (exact) mass is 432 g/mol. The SMILES string of the molecule is COc1ccc(N=C2NC(=O)/C(=C(\C)c3ccc(Br)cc3)S2)c(OC)c1. The number of rotatable bonds is 4. The average Bonchev–Trinajstić information content (AvgIpc) is 3.02. The van der Waals surface area contributed by atoms with Crippen molar-refractivity contribution in [1.29, 1.82) is 0 Å². The van der Waals surface area contributed by atoms with Gasteiger partial charge in [0.15, 0.2) is 5.17 Å². The highest BCUT2D eigenvalue weighted by atomic mass is 79.9. The molecule has 5 nitrogen and oxygen atoms in total. The van der Waals surface area contributed by atoms with Crippen LogP contribution in [0.1, 0.15) is 12.5 Å². The van der Waals surface area contributed by atoms with Crippen molar-refractivity contribution in [3.63, 3.8) is 0 Å². The van der Waals surface area contributed by atoms with Gasteiger partial charge in [0.2, 0.25) is 0 Å². The van der Waals surface area contributed by atoms with Crippen molar-refractivity contribution < 1.29 is 14.3 Å². The maximum Gasteiger partial charge on any atom is 0.264 e. The number of ether oxygens (including phenoxy) is 2. The first kappa shape index (κ1) is 18.5. The molecule has 2 aromatic rings. The predicted molar refractivity (Wildman–Crippen MR) is 109 cm³/mol. The van der Waals surface area contributed by atoms with Crippen LogP contribution in [0.5, 0.6) is 11.5 Å². The molecule has 0 radical (unpaired) electrons. The van der Waals surface area contributed by atoms with Gasteiger partial charge < -0.3 is 14.8 Å². The third kappa shape index (κ3) is 3.94. The molecule has 1 amide bonds. The van der Waals surface area contributed by atoms with E-state index in [0.29, 0.717) is 27.3 Å². The van der Waals surface area contributed by atoms with E-state index in [-0.39, 0.29) is 5.91 Å². The van der Waals surface area contributed by atoms with Crippen molar-refractivity contribution in [2.75, 3.05) is 14.2 Å². The van der Waals surface area contributed by atoms with Gasteiger partial charge in [-0.1, -0.05) is 28.1 Å². The van der Waals surface area contributed by atoms with Gasteiger partial charge in [-0.3, -0.25) is 4.79 Å². The molecule has 3 rings (SSSR count). The van der Waals surface area contributed by atoms with Crippen molar-refractivity contribution >= 4 is 50.0 Å². The summed E-state index contributed by atoms with van der Waals surface area (Å²) in [4.78, 5) is 17.5. The van der Waals surface area contributed by atoms with E-state index < -0.39 is 0 Å². The van der Waals surface area contributed by atoms with Crippen molar-refractivity contribution in [3.8, 4) is 11.5 Å². The van der Waals surface area contributed by atoms with Crippen LogP contribution in [0.4, 0.5) is 5.69 Å². The van der Waals surface area contributed by atoms with Gasteiger partial charge in [-0.05, 0) is 54.1 Å². The summed E-state index contributed by atoms with van der Waals surface area (Å²) in [5.74, 6) is 1.11. The zero-order valence-corrected chi connectivity index (χ0v) is 16.9. The lowest BCUT2D eigenvalue weighted by Gasteiger charge is -2.07. The summed E-state index contributed by atoms with van der Waals surface area (Å²) >= 11 is 4.74. The lowest BCUT2D eigenvalue weighted by Crippen LogP contribution is -2.19. The number of methoxy groups -OCH3 is 2. The van der Waals surface area contributed by atoms with E-state index in [1.807, 2.05) is 31.2 Å². The van der Waals surface area contributed by atoms with Crippen LogP contribution in [0.15, 0.2) is 56.8 Å². The Balaban J connectivity index is 1.91. The van der Waals surface area contributed by atoms with E-state index in [2.05, 4.69) is 26.2 Å². The molecule has 0 saturated carbocycles. The van der Waals surface area contributed by atoms with Crippen molar-refractivity contribution in [2.24, 2.45) is 4.99 Å². The summed E-state index contributed by atoms with van der Waals surface area (Å²) in [6, 6.07) is 13.2. The maximum atomic E-state index is 12.4. The Morgan fingerprint density at radius 2 is 1.85 bits per heavy atom. The number of amidine groups is 1. The molecular formula is C19H17BrN2O3S. The maximum absolute atomic E-state index is 12.4. The second-order valence-electron chi connectivity index (χ2n) is 5.47. The highest BCUT2D eigenvalue weighted by molar-refractivity contribution is 9.10. The number of nitrogens with zero attached hydrogens (tertiary/aromatic N) is 1. The molecule has 26 heavy (non-hydrogen) atoms. The molecule has 1 aliphatic heterocycles. The molecule has 7 heteroatoms. The summed E-state index contributed by atoms with van der Waals surface area (Å²) in [6.45, 7) is 1.93. The quantitative estimate of drug-likeness (QED) is 0.708. The highest BCUT2D eigenvalue weighted by Gasteiger charge is 2.26. The molecule has 1 heterocycles. The van der Waals surface area contributed by atoms with Gasteiger partial charge in [0.1, 0.15) is 17.2 Å². The lowest BCUT2D eigenvalue weighted by atomic mass is 10.1. The van der Waals surface area contributed by atoms with E-state index >= 15 is 0 Å². The number of amides is 1. The van der Waals surface area contributed by atoms with E-state index in [1.54, 1.807) is 32.4 Å². The van der Waals surface area contributed by atoms with Crippen LogP contribution >= 0.6 is 27.7 Å². The smallest absolute Gasteiger partial charge is 0.264 e. The number of hydrogen-bond donors (Lipinski definition) is 1. The third-order valence-electron chi connectivity index (χ3n) is 3.85. The first-order valence-corrected chi connectivity index (χ1v) is 9.39. The predicted octanol–water partition coefficient (Wildman–Crippen LogP) is 4.75. The molecule has 0 bridgehead atoms. The minimum Gasteiger partial charge on any atom is -0.497 e. The molecule has 0 aromatic heterocycles. The molecule has 0 atom stereocenters. The molecule has 1 fully saturated rings. The molecule has 134 valence electrons. The van der Waals surface area contributed by atoms with Crippen molar-refractivity contribution in [3.05, 3.63) is 57.4 Å². The van der Waals surface area contributed by atoms with Crippen LogP contribution in [0, 0.1) is 0 Å². The molecule has 0 spiro atoms. The normalized spacial score (nSPS) is 17.2. The molecule has 1 aliphatic rings. The number of aliphatic imine (C=N–C) groups is 1. The van der Waals surface area contributed by atoms with E-state index in [4.69, 9.17) is 9.47 Å². The van der Waals surface area contributed by atoms with Gasteiger partial charge in [-0.2, -0.15) is 0 Å². The minimum atomic E-state index is -0.151. The van der Waals surface area contributed by atoms with Crippen molar-refractivity contribution in [1.82, 2.24) is 5.32 Å². The van der Waals surface area contributed by atoms with Gasteiger partial charge in [-0.15, -0.1) is 0 Å². The number of nitrogens with one attached hydrogen (secondary N) is 1. The van der Waals surface area contributed by atoms with Gasteiger partial charge in [0.25, 0.3) is 5.91 Å². The highest BCUT2D eigenvalue weighted by Crippen LogP contribution is 2.36. The Morgan fingerprint density at radius 3 is 2.50 bits per heavy atom. The van der Waals surface area contributed by atoms with E-state index in [1.165, 1.54) is 11.8 Å². The Kier molecular flexibility index (Phi) is 5.68. The topological polar surface area (TPSA) is 59.9 Å². The van der Waals surface area contributed by atoms with Gasteiger partial charge in [0.05, 0.1) is 19.1 Å². The number of carbonyl (C=O) groups is 1. The molecule has 1 N–H and O–H groups in total. The number of thioether (sulfide) groups is 1. The summed E-state index contributed by atoms with van der Waals surface area (Å²) in [7, 11) is 3.16. The van der Waals surface area contributed by atoms with Crippen LogP contribution in [0.25, 0.3) is 5.57 Å².